The highest BCUT2D eigenvalue weighted by atomic mass is 16.3. The number of aromatic nitrogens is 2. The van der Waals surface area contributed by atoms with Crippen molar-refractivity contribution in [3.63, 3.8) is 0 Å². The lowest BCUT2D eigenvalue weighted by Gasteiger charge is -2.29. The molecule has 0 saturated heterocycles. The third kappa shape index (κ3) is 3.93. The maximum atomic E-state index is 13.0. The summed E-state index contributed by atoms with van der Waals surface area (Å²) in [6.07, 6.45) is 8.63. The van der Waals surface area contributed by atoms with Gasteiger partial charge in [-0.2, -0.15) is 5.10 Å². The second-order valence-electron chi connectivity index (χ2n) is 6.94. The van der Waals surface area contributed by atoms with Crippen LogP contribution in [0.1, 0.15) is 56.4 Å². The number of aryl methyl sites for hydroxylation is 1. The Hall–Kier alpha value is -2.28. The molecule has 3 rings (SSSR count). The Labute approximate surface area is 154 Å². The second kappa shape index (κ2) is 8.40. The lowest BCUT2D eigenvalue weighted by Crippen LogP contribution is -2.44. The summed E-state index contributed by atoms with van der Waals surface area (Å²) in [6, 6.07) is 3.45. The van der Waals surface area contributed by atoms with Crippen LogP contribution in [0.4, 0.5) is 10.6 Å². The number of hydrogen-bond acceptors (Lipinski definition) is 4. The molecular formula is C19H28N4O3. The minimum absolute atomic E-state index is 0.0918. The first-order valence-corrected chi connectivity index (χ1v) is 9.39. The van der Waals surface area contributed by atoms with Gasteiger partial charge >= 0.3 is 6.03 Å². The van der Waals surface area contributed by atoms with Gasteiger partial charge in [0.1, 0.15) is 11.6 Å². The van der Waals surface area contributed by atoms with Gasteiger partial charge in [-0.05, 0) is 38.3 Å². The van der Waals surface area contributed by atoms with Crippen molar-refractivity contribution in [2.75, 3.05) is 11.9 Å². The number of nitrogens with one attached hydrogen (secondary N) is 1. The van der Waals surface area contributed by atoms with Gasteiger partial charge in [0, 0.05) is 5.56 Å². The molecule has 1 aliphatic rings. The van der Waals surface area contributed by atoms with Crippen molar-refractivity contribution in [3.8, 4) is 0 Å². The monoisotopic (exact) mass is 360 g/mol. The van der Waals surface area contributed by atoms with Crippen LogP contribution < -0.4 is 5.32 Å². The van der Waals surface area contributed by atoms with E-state index in [-0.39, 0.29) is 18.7 Å². The molecule has 0 bridgehead atoms. The fraction of sp³-hybridized carbons (Fsp3) is 0.579. The maximum absolute atomic E-state index is 13.0. The van der Waals surface area contributed by atoms with E-state index < -0.39 is 0 Å². The lowest BCUT2D eigenvalue weighted by atomic mass is 10.2. The highest BCUT2D eigenvalue weighted by molar-refractivity contribution is 5.89. The van der Waals surface area contributed by atoms with Crippen LogP contribution in [0.2, 0.25) is 0 Å². The Kier molecular flexibility index (Phi) is 5.98. The molecular weight excluding hydrogens is 332 g/mol. The third-order valence-corrected chi connectivity index (χ3v) is 5.16. The predicted molar refractivity (Wildman–Crippen MR) is 98.9 cm³/mol. The van der Waals surface area contributed by atoms with Crippen LogP contribution in [0.25, 0.3) is 0 Å². The van der Waals surface area contributed by atoms with E-state index in [1.165, 1.54) is 12.8 Å². The SMILES string of the molecule is CCC(CO)N(Cc1ccco1)C(=O)Nc1c(C)cnn1C1CCCC1. The molecule has 26 heavy (non-hydrogen) atoms. The largest absolute Gasteiger partial charge is 0.467 e. The van der Waals surface area contributed by atoms with Gasteiger partial charge in [-0.15, -0.1) is 0 Å². The number of carbonyl (C=O) groups is 1. The zero-order valence-corrected chi connectivity index (χ0v) is 15.5. The molecule has 0 radical (unpaired) electrons. The maximum Gasteiger partial charge on any atom is 0.323 e. The number of aliphatic hydroxyl groups is 1. The first-order valence-electron chi connectivity index (χ1n) is 9.39. The predicted octanol–water partition coefficient (Wildman–Crippen LogP) is 3.70. The van der Waals surface area contributed by atoms with E-state index in [9.17, 15) is 9.90 Å². The van der Waals surface area contributed by atoms with E-state index >= 15 is 0 Å². The first kappa shape index (κ1) is 18.5. The summed E-state index contributed by atoms with van der Waals surface area (Å²) in [5, 5.41) is 17.2. The number of furan rings is 1. The number of aliphatic hydroxyl groups excluding tert-OH is 1. The van der Waals surface area contributed by atoms with Crippen molar-refractivity contribution in [2.24, 2.45) is 0 Å². The standard InChI is InChI=1S/C19H28N4O3/c1-3-15(13-24)22(12-17-9-6-10-26-17)19(25)21-18-14(2)11-20-23(18)16-7-4-5-8-16/h6,9-11,15-16,24H,3-5,7-8,12-13H2,1-2H3,(H,21,25). The van der Waals surface area contributed by atoms with Crippen LogP contribution in [-0.4, -0.2) is 38.5 Å². The summed E-state index contributed by atoms with van der Waals surface area (Å²) in [6.45, 7) is 4.13. The van der Waals surface area contributed by atoms with Gasteiger partial charge in [0.05, 0.1) is 37.7 Å². The molecule has 2 aromatic heterocycles. The summed E-state index contributed by atoms with van der Waals surface area (Å²) in [5.74, 6) is 1.44. The van der Waals surface area contributed by atoms with Crippen molar-refractivity contribution in [2.45, 2.75) is 64.6 Å². The Morgan fingerprint density at radius 3 is 2.88 bits per heavy atom. The molecule has 2 N–H and O–H groups in total. The quantitative estimate of drug-likeness (QED) is 0.788. The average molecular weight is 360 g/mol. The molecule has 1 atom stereocenters. The number of amides is 2. The molecule has 1 aliphatic carbocycles. The Morgan fingerprint density at radius 2 is 2.27 bits per heavy atom. The first-order chi connectivity index (χ1) is 12.6. The van der Waals surface area contributed by atoms with Crippen molar-refractivity contribution in [1.82, 2.24) is 14.7 Å². The summed E-state index contributed by atoms with van der Waals surface area (Å²) in [5.41, 5.74) is 0.945. The number of hydrogen-bond donors (Lipinski definition) is 2. The van der Waals surface area contributed by atoms with Crippen LogP contribution in [0.15, 0.2) is 29.0 Å². The molecule has 0 spiro atoms. The van der Waals surface area contributed by atoms with Crippen LogP contribution in [0, 0.1) is 6.92 Å². The zero-order chi connectivity index (χ0) is 18.5. The van der Waals surface area contributed by atoms with Gasteiger partial charge in [-0.1, -0.05) is 19.8 Å². The number of nitrogens with zero attached hydrogens (tertiary/aromatic N) is 3. The molecule has 1 unspecified atom stereocenters. The van der Waals surface area contributed by atoms with Gasteiger partial charge in [0.25, 0.3) is 0 Å². The second-order valence-corrected chi connectivity index (χ2v) is 6.94. The number of rotatable bonds is 7. The van der Waals surface area contributed by atoms with Gasteiger partial charge < -0.3 is 14.4 Å². The molecule has 1 saturated carbocycles. The molecule has 2 aromatic rings. The highest BCUT2D eigenvalue weighted by Crippen LogP contribution is 2.32. The molecule has 0 aromatic carbocycles. The average Bonchev–Trinajstić information content (AvgIpc) is 3.38. The zero-order valence-electron chi connectivity index (χ0n) is 15.5. The molecule has 2 amide bonds. The van der Waals surface area contributed by atoms with Crippen LogP contribution in [0.3, 0.4) is 0 Å². The molecule has 142 valence electrons. The van der Waals surface area contributed by atoms with Crippen LogP contribution in [-0.2, 0) is 6.54 Å². The molecule has 7 heteroatoms. The van der Waals surface area contributed by atoms with Gasteiger partial charge in [0.2, 0.25) is 0 Å². The summed E-state index contributed by atoms with van der Waals surface area (Å²) in [4.78, 5) is 14.7. The Bertz CT molecular complexity index is 700. The fourth-order valence-electron chi connectivity index (χ4n) is 3.59. The minimum atomic E-state index is -0.275. The summed E-state index contributed by atoms with van der Waals surface area (Å²) < 4.78 is 7.35. The third-order valence-electron chi connectivity index (χ3n) is 5.16. The summed E-state index contributed by atoms with van der Waals surface area (Å²) in [7, 11) is 0. The Balaban J connectivity index is 1.80. The van der Waals surface area contributed by atoms with E-state index in [4.69, 9.17) is 4.42 Å². The molecule has 7 nitrogen and oxygen atoms in total. The molecule has 0 aliphatic heterocycles. The van der Waals surface area contributed by atoms with Crippen molar-refractivity contribution in [3.05, 3.63) is 35.9 Å². The molecule has 2 heterocycles. The van der Waals surface area contributed by atoms with E-state index in [1.54, 1.807) is 23.4 Å². The van der Waals surface area contributed by atoms with Crippen LogP contribution >= 0.6 is 0 Å². The highest BCUT2D eigenvalue weighted by Gasteiger charge is 2.27. The van der Waals surface area contributed by atoms with E-state index in [0.29, 0.717) is 24.8 Å². The topological polar surface area (TPSA) is 83.5 Å². The fourth-order valence-corrected chi connectivity index (χ4v) is 3.59. The normalized spacial score (nSPS) is 16.0. The minimum Gasteiger partial charge on any atom is -0.467 e. The molecule has 1 fully saturated rings. The van der Waals surface area contributed by atoms with Gasteiger partial charge in [-0.25, -0.2) is 9.48 Å². The number of carbonyl (C=O) groups excluding carboxylic acids is 1. The van der Waals surface area contributed by atoms with Crippen molar-refractivity contribution < 1.29 is 14.3 Å². The van der Waals surface area contributed by atoms with E-state index in [1.807, 2.05) is 24.6 Å². The van der Waals surface area contributed by atoms with E-state index in [0.717, 1.165) is 24.2 Å². The summed E-state index contributed by atoms with van der Waals surface area (Å²) >= 11 is 0. The van der Waals surface area contributed by atoms with Crippen molar-refractivity contribution >= 4 is 11.8 Å². The van der Waals surface area contributed by atoms with Crippen molar-refractivity contribution in [1.29, 1.82) is 0 Å². The van der Waals surface area contributed by atoms with Crippen LogP contribution in [0.5, 0.6) is 0 Å². The van der Waals surface area contributed by atoms with E-state index in [2.05, 4.69) is 10.4 Å². The van der Waals surface area contributed by atoms with Gasteiger partial charge in [0.15, 0.2) is 0 Å². The van der Waals surface area contributed by atoms with Gasteiger partial charge in [-0.3, -0.25) is 5.32 Å². The number of anilines is 1. The lowest BCUT2D eigenvalue weighted by molar-refractivity contribution is 0.129. The smallest absolute Gasteiger partial charge is 0.323 e. The number of urea groups is 1. The Morgan fingerprint density at radius 1 is 1.50 bits per heavy atom.